The van der Waals surface area contributed by atoms with Crippen molar-refractivity contribution in [3.8, 4) is 0 Å². The van der Waals surface area contributed by atoms with Crippen LogP contribution in [0, 0.1) is 5.82 Å². The molecule has 0 spiro atoms. The molecule has 242 valence electrons. The van der Waals surface area contributed by atoms with E-state index in [0.29, 0.717) is 42.6 Å². The van der Waals surface area contributed by atoms with Gasteiger partial charge in [0.05, 0.1) is 16.8 Å². The molecule has 2 saturated heterocycles. The minimum atomic E-state index is -4.89. The van der Waals surface area contributed by atoms with E-state index in [2.05, 4.69) is 20.5 Å². The number of piperazine rings is 1. The number of rotatable bonds is 8. The minimum Gasteiger partial charge on any atom is -0.363 e. The summed E-state index contributed by atoms with van der Waals surface area (Å²) < 4.78 is 61.1. The van der Waals surface area contributed by atoms with E-state index >= 15 is 0 Å². The Hall–Kier alpha value is -3.97. The average molecular weight is 631 g/mol. The molecule has 0 aliphatic carbocycles. The summed E-state index contributed by atoms with van der Waals surface area (Å²) in [7, 11) is 2.00. The van der Waals surface area contributed by atoms with Crippen LogP contribution in [0.3, 0.4) is 0 Å². The van der Waals surface area contributed by atoms with Crippen molar-refractivity contribution in [3.63, 3.8) is 0 Å². The molecule has 2 fully saturated rings. The van der Waals surface area contributed by atoms with Gasteiger partial charge in [0.15, 0.2) is 5.72 Å². The van der Waals surface area contributed by atoms with Crippen molar-refractivity contribution in [3.05, 3.63) is 88.8 Å². The molecule has 5 rings (SSSR count). The zero-order valence-electron chi connectivity index (χ0n) is 25.5. The van der Waals surface area contributed by atoms with Gasteiger partial charge in [0, 0.05) is 62.8 Å². The number of carbonyl (C=O) groups excluding carboxylic acids is 2. The fourth-order valence-electron chi connectivity index (χ4n) is 6.25. The van der Waals surface area contributed by atoms with Crippen LogP contribution in [0.25, 0.3) is 0 Å². The van der Waals surface area contributed by atoms with Crippen LogP contribution in [0.5, 0.6) is 0 Å². The lowest BCUT2D eigenvalue weighted by atomic mass is 9.97. The first kappa shape index (κ1) is 32.4. The number of aromatic nitrogens is 1. The molecule has 1 unspecified atom stereocenters. The first-order valence-electron chi connectivity index (χ1n) is 15.1. The number of halogens is 4. The van der Waals surface area contributed by atoms with Crippen molar-refractivity contribution in [1.82, 2.24) is 30.3 Å². The van der Waals surface area contributed by atoms with Gasteiger partial charge in [-0.1, -0.05) is 13.0 Å². The minimum absolute atomic E-state index is 0.0428. The number of allylic oxidation sites excluding steroid dienone is 1. The van der Waals surface area contributed by atoms with Gasteiger partial charge in [-0.15, -0.1) is 0 Å². The van der Waals surface area contributed by atoms with Crippen LogP contribution in [0.1, 0.15) is 48.2 Å². The molecule has 4 heterocycles. The molecular formula is C32H38F4N6O3. The van der Waals surface area contributed by atoms with Crippen LogP contribution in [0.15, 0.2) is 66.3 Å². The average Bonchev–Trinajstić information content (AvgIpc) is 3.44. The molecule has 1 aromatic carbocycles. The summed E-state index contributed by atoms with van der Waals surface area (Å²) in [6.45, 7) is 6.16. The fraction of sp³-hybridized carbons (Fsp3) is 0.469. The highest BCUT2D eigenvalue weighted by atomic mass is 19.4. The molecule has 2 aromatic rings. The number of nitrogens with one attached hydrogen (secondary N) is 2. The van der Waals surface area contributed by atoms with Gasteiger partial charge >= 0.3 is 6.18 Å². The molecule has 2 N–H and O–H groups in total. The molecule has 2 amide bonds. The maximum absolute atomic E-state index is 14.0. The van der Waals surface area contributed by atoms with E-state index in [9.17, 15) is 27.2 Å². The summed E-state index contributed by atoms with van der Waals surface area (Å²) in [5, 5.41) is 6.52. The highest BCUT2D eigenvalue weighted by molar-refractivity contribution is 5.96. The number of likely N-dealkylation sites (N-methyl/N-ethyl adjacent to an activating group) is 1. The van der Waals surface area contributed by atoms with Crippen LogP contribution in [0.4, 0.5) is 17.6 Å². The number of alkyl halides is 3. The SMILES string of the molecule is CCOC1(c2cccnc2)C=CC(N2CCN(C(=O)c3ccc(F)cc3C(F)(F)F)C[C@H]2CC)=C(C(=O)N[C@@H]2CCN(C)C2)N1. The van der Waals surface area contributed by atoms with E-state index in [-0.39, 0.29) is 37.6 Å². The van der Waals surface area contributed by atoms with Crippen molar-refractivity contribution in [2.45, 2.75) is 50.7 Å². The zero-order valence-corrected chi connectivity index (χ0v) is 25.5. The standard InChI is InChI=1S/C32H38F4N6O3/c1-4-24-20-41(30(44)25-9-8-22(33)17-26(25)32(34,35)36)15-16-42(24)27-10-12-31(45-5-2,21-7-6-13-37-18-21)39-28(27)29(43)38-23-11-14-40(3)19-23/h6-10,12-13,17-18,23-24,39H,4-5,11,14-16,19-20H2,1-3H3,(H,38,43)/t23-,24-,31?/m1/s1. The van der Waals surface area contributed by atoms with Gasteiger partial charge in [-0.25, -0.2) is 4.39 Å². The molecule has 3 aliphatic rings. The molecule has 13 heteroatoms. The van der Waals surface area contributed by atoms with Gasteiger partial charge in [0.2, 0.25) is 0 Å². The second kappa shape index (κ2) is 13.2. The monoisotopic (exact) mass is 630 g/mol. The largest absolute Gasteiger partial charge is 0.417 e. The third-order valence-corrected chi connectivity index (χ3v) is 8.53. The normalized spacial score (nSPS) is 24.2. The van der Waals surface area contributed by atoms with Crippen molar-refractivity contribution in [2.24, 2.45) is 0 Å². The molecule has 0 bridgehead atoms. The van der Waals surface area contributed by atoms with Crippen molar-refractivity contribution in [2.75, 3.05) is 46.4 Å². The Balaban J connectivity index is 1.46. The number of hydrogen-bond donors (Lipinski definition) is 2. The number of amides is 2. The zero-order chi connectivity index (χ0) is 32.4. The molecule has 0 radical (unpaired) electrons. The Morgan fingerprint density at radius 3 is 2.60 bits per heavy atom. The van der Waals surface area contributed by atoms with E-state index < -0.39 is 34.8 Å². The summed E-state index contributed by atoms with van der Waals surface area (Å²) in [5.41, 5.74) is -1.47. The van der Waals surface area contributed by atoms with Crippen molar-refractivity contribution >= 4 is 11.8 Å². The number of benzene rings is 1. The number of dihydropyridines is 1. The Bertz CT molecular complexity index is 1470. The Morgan fingerprint density at radius 2 is 1.96 bits per heavy atom. The third-order valence-electron chi connectivity index (χ3n) is 8.53. The smallest absolute Gasteiger partial charge is 0.363 e. The van der Waals surface area contributed by atoms with E-state index in [1.54, 1.807) is 18.5 Å². The Kier molecular flexibility index (Phi) is 9.49. The van der Waals surface area contributed by atoms with Gasteiger partial charge in [0.1, 0.15) is 11.5 Å². The highest BCUT2D eigenvalue weighted by Crippen LogP contribution is 2.35. The maximum Gasteiger partial charge on any atom is 0.417 e. The van der Waals surface area contributed by atoms with Crippen LogP contribution in [-0.4, -0.2) is 90.0 Å². The highest BCUT2D eigenvalue weighted by Gasteiger charge is 2.42. The molecule has 45 heavy (non-hydrogen) atoms. The molecular weight excluding hydrogens is 592 g/mol. The lowest BCUT2D eigenvalue weighted by Gasteiger charge is -2.46. The lowest BCUT2D eigenvalue weighted by Crippen LogP contribution is -2.57. The van der Waals surface area contributed by atoms with Gasteiger partial charge in [0.25, 0.3) is 11.8 Å². The summed E-state index contributed by atoms with van der Waals surface area (Å²) in [6, 6.07) is 5.38. The van der Waals surface area contributed by atoms with Crippen LogP contribution in [0.2, 0.25) is 0 Å². The van der Waals surface area contributed by atoms with Gasteiger partial charge < -0.3 is 30.1 Å². The Morgan fingerprint density at radius 1 is 1.16 bits per heavy atom. The fourth-order valence-corrected chi connectivity index (χ4v) is 6.25. The quantitative estimate of drug-likeness (QED) is 0.429. The topological polar surface area (TPSA) is 90.0 Å². The summed E-state index contributed by atoms with van der Waals surface area (Å²) in [5.74, 6) is -2.19. The van der Waals surface area contributed by atoms with Gasteiger partial charge in [-0.3, -0.25) is 14.6 Å². The first-order valence-corrected chi connectivity index (χ1v) is 15.1. The van der Waals surface area contributed by atoms with Crippen LogP contribution >= 0.6 is 0 Å². The predicted octanol–water partition coefficient (Wildman–Crippen LogP) is 3.86. The number of pyridine rings is 1. The first-order chi connectivity index (χ1) is 21.5. The molecule has 3 aliphatic heterocycles. The van der Waals surface area contributed by atoms with Gasteiger partial charge in [-0.2, -0.15) is 13.2 Å². The predicted molar refractivity (Wildman–Crippen MR) is 159 cm³/mol. The van der Waals surface area contributed by atoms with Crippen molar-refractivity contribution in [1.29, 1.82) is 0 Å². The number of likely N-dealkylation sites (tertiary alicyclic amines) is 1. The molecule has 0 saturated carbocycles. The van der Waals surface area contributed by atoms with E-state index in [4.69, 9.17) is 4.74 Å². The maximum atomic E-state index is 14.0. The summed E-state index contributed by atoms with van der Waals surface area (Å²) in [6.07, 6.45) is 3.44. The summed E-state index contributed by atoms with van der Waals surface area (Å²) in [4.78, 5) is 37.1. The number of hydrogen-bond acceptors (Lipinski definition) is 7. The second-order valence-corrected chi connectivity index (χ2v) is 11.5. The van der Waals surface area contributed by atoms with E-state index in [1.807, 2.05) is 44.0 Å². The summed E-state index contributed by atoms with van der Waals surface area (Å²) >= 11 is 0. The third kappa shape index (κ3) is 6.84. The number of nitrogens with zero attached hydrogens (tertiary/aromatic N) is 4. The molecule has 9 nitrogen and oxygen atoms in total. The van der Waals surface area contributed by atoms with Gasteiger partial charge in [-0.05, 0) is 69.8 Å². The lowest BCUT2D eigenvalue weighted by molar-refractivity contribution is -0.138. The van der Waals surface area contributed by atoms with Crippen LogP contribution in [-0.2, 0) is 21.4 Å². The second-order valence-electron chi connectivity index (χ2n) is 11.5. The number of ether oxygens (including phenoxy) is 1. The van der Waals surface area contributed by atoms with Crippen LogP contribution < -0.4 is 10.6 Å². The van der Waals surface area contributed by atoms with E-state index in [0.717, 1.165) is 25.1 Å². The molecule has 3 atom stereocenters. The molecule has 1 aromatic heterocycles. The number of carbonyl (C=O) groups is 2. The van der Waals surface area contributed by atoms with E-state index in [1.165, 1.54) is 4.90 Å². The van der Waals surface area contributed by atoms with Crippen molar-refractivity contribution < 1.29 is 31.9 Å². The Labute approximate surface area is 259 Å².